The summed E-state index contributed by atoms with van der Waals surface area (Å²) in [5.74, 6) is 0.0982. The normalized spacial score (nSPS) is 20.8. The molecule has 100 valence electrons. The van der Waals surface area contributed by atoms with Crippen molar-refractivity contribution in [2.24, 2.45) is 0 Å². The molecule has 0 aromatic carbocycles. The Kier molecular flexibility index (Phi) is 3.70. The van der Waals surface area contributed by atoms with Gasteiger partial charge >= 0.3 is 6.18 Å². The predicted octanol–water partition coefficient (Wildman–Crippen LogP) is 2.32. The van der Waals surface area contributed by atoms with Crippen LogP contribution < -0.4 is 10.1 Å². The summed E-state index contributed by atoms with van der Waals surface area (Å²) in [5.41, 5.74) is -0.961. The maximum Gasteiger partial charge on any atom is 0.433 e. The molecule has 1 unspecified atom stereocenters. The number of piperidine rings is 1. The van der Waals surface area contributed by atoms with E-state index in [1.54, 1.807) is 0 Å². The second-order valence-corrected chi connectivity index (χ2v) is 4.15. The van der Waals surface area contributed by atoms with E-state index in [1.807, 2.05) is 0 Å². The molecule has 0 amide bonds. The van der Waals surface area contributed by atoms with Crippen LogP contribution in [0.2, 0.25) is 0 Å². The lowest BCUT2D eigenvalue weighted by Crippen LogP contribution is -2.29. The van der Waals surface area contributed by atoms with E-state index < -0.39 is 11.9 Å². The number of rotatable bonds is 2. The van der Waals surface area contributed by atoms with E-state index in [-0.39, 0.29) is 17.7 Å². The van der Waals surface area contributed by atoms with Crippen molar-refractivity contribution in [1.29, 1.82) is 0 Å². The first-order valence-corrected chi connectivity index (χ1v) is 5.74. The Hall–Kier alpha value is -1.37. The highest BCUT2D eigenvalue weighted by molar-refractivity contribution is 5.20. The number of hydrogen-bond acceptors (Lipinski definition) is 4. The highest BCUT2D eigenvalue weighted by Crippen LogP contribution is 2.31. The Morgan fingerprint density at radius 1 is 1.33 bits per heavy atom. The molecule has 1 aliphatic heterocycles. The molecule has 1 atom stereocenters. The van der Waals surface area contributed by atoms with Crippen molar-refractivity contribution < 1.29 is 17.9 Å². The highest BCUT2D eigenvalue weighted by atomic mass is 19.4. The summed E-state index contributed by atoms with van der Waals surface area (Å²) >= 11 is 0. The van der Waals surface area contributed by atoms with E-state index >= 15 is 0 Å². The van der Waals surface area contributed by atoms with E-state index in [9.17, 15) is 13.2 Å². The molecule has 0 radical (unpaired) electrons. The Balaban J connectivity index is 2.34. The summed E-state index contributed by atoms with van der Waals surface area (Å²) in [6.07, 6.45) is -1.77. The molecule has 1 aromatic rings. The average molecular weight is 261 g/mol. The molecule has 7 heteroatoms. The first-order chi connectivity index (χ1) is 8.50. The number of aromatic nitrogens is 2. The van der Waals surface area contributed by atoms with Gasteiger partial charge in [-0.05, 0) is 19.4 Å². The molecule has 1 N–H and O–H groups in total. The van der Waals surface area contributed by atoms with E-state index in [0.29, 0.717) is 0 Å². The van der Waals surface area contributed by atoms with Gasteiger partial charge < -0.3 is 10.1 Å². The SMILES string of the molecule is COc1cc(C(F)(F)F)nc(C2CCCCN2)n1. The molecule has 18 heavy (non-hydrogen) atoms. The highest BCUT2D eigenvalue weighted by Gasteiger charge is 2.34. The van der Waals surface area contributed by atoms with E-state index in [0.717, 1.165) is 31.9 Å². The largest absolute Gasteiger partial charge is 0.481 e. The topological polar surface area (TPSA) is 47.0 Å². The smallest absolute Gasteiger partial charge is 0.433 e. The van der Waals surface area contributed by atoms with Gasteiger partial charge in [0.2, 0.25) is 5.88 Å². The van der Waals surface area contributed by atoms with Gasteiger partial charge in [0.15, 0.2) is 5.69 Å². The van der Waals surface area contributed by atoms with Gasteiger partial charge in [0, 0.05) is 6.07 Å². The summed E-state index contributed by atoms with van der Waals surface area (Å²) in [4.78, 5) is 7.59. The van der Waals surface area contributed by atoms with Gasteiger partial charge in [-0.2, -0.15) is 18.2 Å². The van der Waals surface area contributed by atoms with E-state index in [4.69, 9.17) is 4.74 Å². The fourth-order valence-electron chi connectivity index (χ4n) is 1.92. The predicted molar refractivity (Wildman–Crippen MR) is 58.2 cm³/mol. The number of nitrogens with one attached hydrogen (secondary N) is 1. The summed E-state index contributed by atoms with van der Waals surface area (Å²) in [6, 6.07) is 0.585. The molecule has 1 aromatic heterocycles. The van der Waals surface area contributed by atoms with Crippen molar-refractivity contribution in [3.8, 4) is 5.88 Å². The van der Waals surface area contributed by atoms with Crippen LogP contribution in [0.15, 0.2) is 6.07 Å². The van der Waals surface area contributed by atoms with Crippen molar-refractivity contribution in [2.45, 2.75) is 31.5 Å². The Labute approximate surface area is 103 Å². The van der Waals surface area contributed by atoms with Crippen LogP contribution in [0.3, 0.4) is 0 Å². The van der Waals surface area contributed by atoms with Crippen LogP contribution in [0, 0.1) is 0 Å². The number of methoxy groups -OCH3 is 1. The number of halogens is 3. The number of nitrogens with zero attached hydrogens (tertiary/aromatic N) is 2. The van der Waals surface area contributed by atoms with E-state index in [1.165, 1.54) is 7.11 Å². The van der Waals surface area contributed by atoms with Crippen LogP contribution in [0.5, 0.6) is 5.88 Å². The molecular weight excluding hydrogens is 247 g/mol. The monoisotopic (exact) mass is 261 g/mol. The van der Waals surface area contributed by atoms with Crippen LogP contribution in [0.4, 0.5) is 13.2 Å². The minimum absolute atomic E-state index is 0.0558. The fourth-order valence-corrected chi connectivity index (χ4v) is 1.92. The Bertz CT molecular complexity index is 416. The van der Waals surface area contributed by atoms with Crippen molar-refractivity contribution in [1.82, 2.24) is 15.3 Å². The van der Waals surface area contributed by atoms with Gasteiger partial charge in [-0.1, -0.05) is 6.42 Å². The first-order valence-electron chi connectivity index (χ1n) is 5.74. The zero-order chi connectivity index (χ0) is 13.2. The molecule has 0 bridgehead atoms. The third-order valence-electron chi connectivity index (χ3n) is 2.84. The zero-order valence-electron chi connectivity index (χ0n) is 9.92. The van der Waals surface area contributed by atoms with Crippen LogP contribution in [-0.2, 0) is 6.18 Å². The van der Waals surface area contributed by atoms with Gasteiger partial charge in [0.05, 0.1) is 13.2 Å². The van der Waals surface area contributed by atoms with Crippen molar-refractivity contribution in [2.75, 3.05) is 13.7 Å². The zero-order valence-corrected chi connectivity index (χ0v) is 9.92. The first kappa shape index (κ1) is 13.1. The maximum absolute atomic E-state index is 12.7. The summed E-state index contributed by atoms with van der Waals surface area (Å²) < 4.78 is 42.9. The third-order valence-corrected chi connectivity index (χ3v) is 2.84. The molecule has 0 spiro atoms. The summed E-state index contributed by atoms with van der Waals surface area (Å²) in [7, 11) is 1.29. The number of hydrogen-bond donors (Lipinski definition) is 1. The van der Waals surface area contributed by atoms with Crippen LogP contribution >= 0.6 is 0 Å². The lowest BCUT2D eigenvalue weighted by Gasteiger charge is -2.22. The van der Waals surface area contributed by atoms with Gasteiger partial charge in [0.25, 0.3) is 0 Å². The maximum atomic E-state index is 12.7. The molecule has 0 aliphatic carbocycles. The average Bonchev–Trinajstić information content (AvgIpc) is 2.38. The molecule has 4 nitrogen and oxygen atoms in total. The Morgan fingerprint density at radius 2 is 2.11 bits per heavy atom. The molecular formula is C11H14F3N3O. The second-order valence-electron chi connectivity index (χ2n) is 4.15. The number of alkyl halides is 3. The van der Waals surface area contributed by atoms with Crippen LogP contribution in [0.25, 0.3) is 0 Å². The van der Waals surface area contributed by atoms with Gasteiger partial charge in [-0.15, -0.1) is 0 Å². The fraction of sp³-hybridized carbons (Fsp3) is 0.636. The number of ether oxygens (including phenoxy) is 1. The molecule has 1 saturated heterocycles. The van der Waals surface area contributed by atoms with Crippen molar-refractivity contribution in [3.05, 3.63) is 17.6 Å². The molecule has 1 aliphatic rings. The van der Waals surface area contributed by atoms with Gasteiger partial charge in [-0.3, -0.25) is 0 Å². The standard InChI is InChI=1S/C11H14F3N3O/c1-18-9-6-8(11(12,13)14)16-10(17-9)7-4-2-3-5-15-7/h6-7,15H,2-5H2,1H3. The molecule has 2 rings (SSSR count). The van der Waals surface area contributed by atoms with Crippen LogP contribution in [0.1, 0.15) is 36.8 Å². The van der Waals surface area contributed by atoms with Crippen molar-refractivity contribution >= 4 is 0 Å². The quantitative estimate of drug-likeness (QED) is 0.887. The second kappa shape index (κ2) is 5.09. The van der Waals surface area contributed by atoms with E-state index in [2.05, 4.69) is 15.3 Å². The minimum Gasteiger partial charge on any atom is -0.481 e. The van der Waals surface area contributed by atoms with Crippen molar-refractivity contribution in [3.63, 3.8) is 0 Å². The molecule has 2 heterocycles. The van der Waals surface area contributed by atoms with Gasteiger partial charge in [0.1, 0.15) is 5.82 Å². The lowest BCUT2D eigenvalue weighted by atomic mass is 10.0. The van der Waals surface area contributed by atoms with Gasteiger partial charge in [-0.25, -0.2) is 4.98 Å². The lowest BCUT2D eigenvalue weighted by molar-refractivity contribution is -0.141. The summed E-state index contributed by atoms with van der Waals surface area (Å²) in [6.45, 7) is 0.770. The van der Waals surface area contributed by atoms with Crippen LogP contribution in [-0.4, -0.2) is 23.6 Å². The Morgan fingerprint density at radius 3 is 2.67 bits per heavy atom. The summed E-state index contributed by atoms with van der Waals surface area (Å²) in [5, 5.41) is 3.12. The molecule has 0 saturated carbocycles. The minimum atomic E-state index is -4.49. The third kappa shape index (κ3) is 2.90. The molecule has 1 fully saturated rings.